The molecule has 100 valence electrons. The zero-order valence-electron chi connectivity index (χ0n) is 10.7. The minimum absolute atomic E-state index is 0.0776. The maximum atomic E-state index is 9.99. The second kappa shape index (κ2) is 5.51. The van der Waals surface area contributed by atoms with Crippen LogP contribution in [0.2, 0.25) is 0 Å². The van der Waals surface area contributed by atoms with E-state index in [2.05, 4.69) is 34.1 Å². The molecule has 1 N–H and O–H groups in total. The summed E-state index contributed by atoms with van der Waals surface area (Å²) in [5.74, 6) is 0.824. The number of aliphatic hydroxyl groups is 1. The van der Waals surface area contributed by atoms with Crippen molar-refractivity contribution in [3.8, 4) is 5.75 Å². The number of ether oxygens (including phenoxy) is 1. The minimum Gasteiger partial charge on any atom is -0.487 e. The molecule has 1 fully saturated rings. The van der Waals surface area contributed by atoms with E-state index in [0.717, 1.165) is 41.3 Å². The van der Waals surface area contributed by atoms with Crippen LogP contribution >= 0.6 is 15.9 Å². The van der Waals surface area contributed by atoms with Crippen molar-refractivity contribution in [1.29, 1.82) is 0 Å². The zero-order valence-corrected chi connectivity index (χ0v) is 12.3. The monoisotopic (exact) mass is 320 g/mol. The van der Waals surface area contributed by atoms with Crippen molar-refractivity contribution in [3.63, 3.8) is 0 Å². The maximum Gasteiger partial charge on any atom is 0.134 e. The first-order chi connectivity index (χ1) is 9.25. The Bertz CT molecular complexity index is 582. The Morgan fingerprint density at radius 1 is 1.05 bits per heavy atom. The summed E-state index contributed by atoms with van der Waals surface area (Å²) in [6.45, 7) is 0. The van der Waals surface area contributed by atoms with Gasteiger partial charge in [0.15, 0.2) is 0 Å². The first-order valence-corrected chi connectivity index (χ1v) is 7.57. The number of hydrogen-bond donors (Lipinski definition) is 1. The minimum atomic E-state index is -0.341. The fraction of sp³-hybridized carbons (Fsp3) is 0.375. The molecule has 0 spiro atoms. The van der Waals surface area contributed by atoms with E-state index in [-0.39, 0.29) is 12.2 Å². The van der Waals surface area contributed by atoms with Crippen LogP contribution in [-0.2, 0) is 0 Å². The van der Waals surface area contributed by atoms with Crippen LogP contribution in [0.1, 0.15) is 25.7 Å². The summed E-state index contributed by atoms with van der Waals surface area (Å²) >= 11 is 3.62. The van der Waals surface area contributed by atoms with Crippen molar-refractivity contribution in [2.24, 2.45) is 0 Å². The normalized spacial score (nSPS) is 23.5. The van der Waals surface area contributed by atoms with Gasteiger partial charge >= 0.3 is 0 Å². The molecular formula is C16H17BrO2. The highest BCUT2D eigenvalue weighted by molar-refractivity contribution is 9.10. The molecule has 0 bridgehead atoms. The second-order valence-corrected chi connectivity index (χ2v) is 5.90. The van der Waals surface area contributed by atoms with Crippen LogP contribution < -0.4 is 4.74 Å². The lowest BCUT2D eigenvalue weighted by molar-refractivity contribution is 0.00657. The summed E-state index contributed by atoms with van der Waals surface area (Å²) in [4.78, 5) is 0. The lowest BCUT2D eigenvalue weighted by Gasteiger charge is -2.28. The largest absolute Gasteiger partial charge is 0.487 e. The molecule has 2 atom stereocenters. The number of halogens is 1. The number of rotatable bonds is 2. The number of hydrogen-bond acceptors (Lipinski definition) is 2. The van der Waals surface area contributed by atoms with Gasteiger partial charge in [0, 0.05) is 0 Å². The summed E-state index contributed by atoms with van der Waals surface area (Å²) < 4.78 is 6.98. The Labute approximate surface area is 121 Å². The van der Waals surface area contributed by atoms with Gasteiger partial charge in [-0.3, -0.25) is 0 Å². The van der Waals surface area contributed by atoms with Gasteiger partial charge in [-0.25, -0.2) is 0 Å². The lowest BCUT2D eigenvalue weighted by Crippen LogP contribution is -2.34. The predicted octanol–water partition coefficient (Wildman–Crippen LogP) is 4.28. The van der Waals surface area contributed by atoms with E-state index in [1.807, 2.05) is 18.2 Å². The van der Waals surface area contributed by atoms with Gasteiger partial charge in [-0.15, -0.1) is 0 Å². The van der Waals surface area contributed by atoms with Crippen LogP contribution in [0.4, 0.5) is 0 Å². The average Bonchev–Trinajstić information content (AvgIpc) is 2.44. The summed E-state index contributed by atoms with van der Waals surface area (Å²) in [6, 6.07) is 12.2. The van der Waals surface area contributed by atoms with Gasteiger partial charge in [-0.2, -0.15) is 0 Å². The molecule has 0 aliphatic heterocycles. The van der Waals surface area contributed by atoms with Crippen LogP contribution in [0, 0.1) is 0 Å². The van der Waals surface area contributed by atoms with Crippen LogP contribution in [0.3, 0.4) is 0 Å². The Kier molecular flexibility index (Phi) is 3.76. The van der Waals surface area contributed by atoms with E-state index in [9.17, 15) is 5.11 Å². The fourth-order valence-corrected chi connectivity index (χ4v) is 3.27. The standard InChI is InChI=1S/C16H17BrO2/c17-16-12-6-2-1-5-11(12)9-10-15(16)19-14-8-4-3-7-13(14)18/h1-2,5-6,9-10,13-14,18H,3-4,7-8H2/t13-,14-/m1/s1. The third-order valence-corrected chi connectivity index (χ3v) is 4.59. The molecule has 0 amide bonds. The van der Waals surface area contributed by atoms with Gasteiger partial charge in [0.1, 0.15) is 11.9 Å². The van der Waals surface area contributed by atoms with E-state index >= 15 is 0 Å². The Morgan fingerprint density at radius 3 is 2.68 bits per heavy atom. The molecule has 0 heterocycles. The van der Waals surface area contributed by atoms with Crippen LogP contribution in [0.15, 0.2) is 40.9 Å². The highest BCUT2D eigenvalue weighted by Crippen LogP contribution is 2.35. The zero-order chi connectivity index (χ0) is 13.2. The van der Waals surface area contributed by atoms with Gasteiger partial charge in [0.05, 0.1) is 10.6 Å². The molecule has 2 nitrogen and oxygen atoms in total. The summed E-state index contributed by atoms with van der Waals surface area (Å²) in [5.41, 5.74) is 0. The van der Waals surface area contributed by atoms with Gasteiger partial charge in [-0.05, 0) is 52.0 Å². The molecule has 0 aromatic heterocycles. The van der Waals surface area contributed by atoms with Crippen molar-refractivity contribution in [2.45, 2.75) is 37.9 Å². The van der Waals surface area contributed by atoms with Crippen molar-refractivity contribution in [2.75, 3.05) is 0 Å². The molecule has 3 rings (SSSR count). The SMILES string of the molecule is O[C@@H]1CCCC[C@H]1Oc1ccc2ccccc2c1Br. The summed E-state index contributed by atoms with van der Waals surface area (Å²) in [5, 5.41) is 12.3. The summed E-state index contributed by atoms with van der Waals surface area (Å²) in [6.07, 6.45) is 3.58. The van der Waals surface area contributed by atoms with Crippen LogP contribution in [-0.4, -0.2) is 17.3 Å². The highest BCUT2D eigenvalue weighted by atomic mass is 79.9. The third-order valence-electron chi connectivity index (χ3n) is 3.77. The molecule has 0 saturated heterocycles. The van der Waals surface area contributed by atoms with Gasteiger partial charge in [-0.1, -0.05) is 36.8 Å². The van der Waals surface area contributed by atoms with E-state index in [1.165, 1.54) is 5.39 Å². The van der Waals surface area contributed by atoms with Crippen molar-refractivity contribution >= 4 is 26.7 Å². The number of aliphatic hydroxyl groups excluding tert-OH is 1. The molecule has 3 heteroatoms. The molecule has 2 aromatic rings. The maximum absolute atomic E-state index is 9.99. The Balaban J connectivity index is 1.90. The van der Waals surface area contributed by atoms with Gasteiger partial charge < -0.3 is 9.84 Å². The van der Waals surface area contributed by atoms with Crippen LogP contribution in [0.5, 0.6) is 5.75 Å². The average molecular weight is 321 g/mol. The van der Waals surface area contributed by atoms with Crippen molar-refractivity contribution in [3.05, 3.63) is 40.9 Å². The number of benzene rings is 2. The van der Waals surface area contributed by atoms with E-state index in [0.29, 0.717) is 0 Å². The van der Waals surface area contributed by atoms with E-state index in [4.69, 9.17) is 4.74 Å². The Hall–Kier alpha value is -1.06. The van der Waals surface area contributed by atoms with Gasteiger partial charge in [0.25, 0.3) is 0 Å². The second-order valence-electron chi connectivity index (χ2n) is 5.11. The topological polar surface area (TPSA) is 29.5 Å². The van der Waals surface area contributed by atoms with Gasteiger partial charge in [0.2, 0.25) is 0 Å². The first-order valence-electron chi connectivity index (χ1n) is 6.77. The first kappa shape index (κ1) is 12.9. The molecule has 0 unspecified atom stereocenters. The highest BCUT2D eigenvalue weighted by Gasteiger charge is 2.25. The predicted molar refractivity (Wildman–Crippen MR) is 80.5 cm³/mol. The van der Waals surface area contributed by atoms with Crippen LogP contribution in [0.25, 0.3) is 10.8 Å². The smallest absolute Gasteiger partial charge is 0.134 e. The fourth-order valence-electron chi connectivity index (χ4n) is 2.68. The molecular weight excluding hydrogens is 304 g/mol. The van der Waals surface area contributed by atoms with E-state index < -0.39 is 0 Å². The number of fused-ring (bicyclic) bond motifs is 1. The molecule has 1 aliphatic carbocycles. The molecule has 1 saturated carbocycles. The lowest BCUT2D eigenvalue weighted by atomic mass is 9.95. The molecule has 19 heavy (non-hydrogen) atoms. The molecule has 2 aromatic carbocycles. The third kappa shape index (κ3) is 2.63. The quantitative estimate of drug-likeness (QED) is 0.894. The molecule has 1 aliphatic rings. The summed E-state index contributed by atoms with van der Waals surface area (Å²) in [7, 11) is 0. The molecule has 0 radical (unpaired) electrons. The van der Waals surface area contributed by atoms with E-state index in [1.54, 1.807) is 0 Å². The Morgan fingerprint density at radius 2 is 1.84 bits per heavy atom. The van der Waals surface area contributed by atoms with Crippen molar-refractivity contribution in [1.82, 2.24) is 0 Å². The van der Waals surface area contributed by atoms with Crippen molar-refractivity contribution < 1.29 is 9.84 Å².